The Morgan fingerprint density at radius 3 is 1.75 bits per heavy atom. The van der Waals surface area contributed by atoms with E-state index in [2.05, 4.69) is 51.7 Å². The van der Waals surface area contributed by atoms with Crippen LogP contribution in [0.4, 0.5) is 5.69 Å². The smallest absolute Gasteiger partial charge is 0.356 e. The third-order valence-electron chi connectivity index (χ3n) is 5.47. The highest BCUT2D eigenvalue weighted by atomic mass is 32.2. The number of carboxylic acids is 1. The standard InChI is InChI=1S/C23H17NO2S2.C6H8N2/c25-21(26)20-22(27-16-24-20)28-23(17-10-4-1-5-11-17,18-12-6-2-7-13-18)19-14-8-3-9-15-19;1-7-6-3-2-4-8-5-6/h1-16H,(H,25,26);2-5,7H,1H3. The summed E-state index contributed by atoms with van der Waals surface area (Å²) in [6, 6.07) is 34.5. The fourth-order valence-electron chi connectivity index (χ4n) is 3.80. The van der Waals surface area contributed by atoms with Gasteiger partial charge in [0.2, 0.25) is 0 Å². The van der Waals surface area contributed by atoms with Gasteiger partial charge in [-0.1, -0.05) is 103 Å². The number of thiazole rings is 1. The van der Waals surface area contributed by atoms with Crippen LogP contribution in [0, 0.1) is 0 Å². The fourth-order valence-corrected chi connectivity index (χ4v) is 6.27. The fraction of sp³-hybridized carbons (Fsp3) is 0.0690. The van der Waals surface area contributed by atoms with E-state index >= 15 is 0 Å². The lowest BCUT2D eigenvalue weighted by molar-refractivity contribution is 0.0687. The zero-order valence-electron chi connectivity index (χ0n) is 19.6. The van der Waals surface area contributed by atoms with Crippen LogP contribution >= 0.6 is 23.1 Å². The van der Waals surface area contributed by atoms with Gasteiger partial charge in [-0.15, -0.1) is 11.3 Å². The number of hydrogen-bond acceptors (Lipinski definition) is 6. The number of carboxylic acid groups (broad SMARTS) is 1. The van der Waals surface area contributed by atoms with Crippen molar-refractivity contribution in [3.05, 3.63) is 143 Å². The molecule has 2 aromatic heterocycles. The first kappa shape index (κ1) is 25.2. The summed E-state index contributed by atoms with van der Waals surface area (Å²) in [5, 5.41) is 12.6. The lowest BCUT2D eigenvalue weighted by atomic mass is 9.84. The molecule has 0 bridgehead atoms. The Balaban J connectivity index is 0.000000325. The number of benzene rings is 3. The summed E-state index contributed by atoms with van der Waals surface area (Å²) in [6.07, 6.45) is 3.53. The topological polar surface area (TPSA) is 75.1 Å². The highest BCUT2D eigenvalue weighted by molar-refractivity contribution is 8.02. The SMILES string of the molecule is CNc1cccnc1.O=C(O)c1ncsc1SC(c1ccccc1)(c1ccccc1)c1ccccc1. The van der Waals surface area contributed by atoms with E-state index < -0.39 is 10.7 Å². The van der Waals surface area contributed by atoms with Crippen molar-refractivity contribution in [2.75, 3.05) is 12.4 Å². The van der Waals surface area contributed by atoms with Crippen LogP contribution < -0.4 is 5.32 Å². The quantitative estimate of drug-likeness (QED) is 0.180. The monoisotopic (exact) mass is 511 g/mol. The molecule has 7 heteroatoms. The molecule has 36 heavy (non-hydrogen) atoms. The summed E-state index contributed by atoms with van der Waals surface area (Å²) in [4.78, 5) is 19.7. The molecule has 0 atom stereocenters. The van der Waals surface area contributed by atoms with E-state index in [4.69, 9.17) is 0 Å². The van der Waals surface area contributed by atoms with E-state index in [0.717, 1.165) is 22.4 Å². The second-order valence-electron chi connectivity index (χ2n) is 7.67. The van der Waals surface area contributed by atoms with Crippen molar-refractivity contribution in [1.29, 1.82) is 0 Å². The van der Waals surface area contributed by atoms with Gasteiger partial charge in [0.25, 0.3) is 0 Å². The van der Waals surface area contributed by atoms with E-state index in [-0.39, 0.29) is 5.69 Å². The first-order valence-electron chi connectivity index (χ1n) is 11.3. The van der Waals surface area contributed by atoms with E-state index in [0.29, 0.717) is 4.21 Å². The Labute approximate surface area is 218 Å². The molecule has 5 rings (SSSR count). The van der Waals surface area contributed by atoms with Crippen LogP contribution in [0.25, 0.3) is 0 Å². The third-order valence-corrected chi connectivity index (χ3v) is 8.02. The molecule has 180 valence electrons. The molecule has 0 fully saturated rings. The average molecular weight is 512 g/mol. The molecule has 3 aromatic carbocycles. The first-order chi connectivity index (χ1) is 17.6. The van der Waals surface area contributed by atoms with Crippen LogP contribution in [0.2, 0.25) is 0 Å². The zero-order chi connectivity index (χ0) is 25.2. The van der Waals surface area contributed by atoms with Gasteiger partial charge in [-0.25, -0.2) is 9.78 Å². The summed E-state index contributed by atoms with van der Waals surface area (Å²) in [5.74, 6) is -1.01. The number of nitrogens with zero attached hydrogens (tertiary/aromatic N) is 2. The van der Waals surface area contributed by atoms with Crippen molar-refractivity contribution in [3.63, 3.8) is 0 Å². The molecular formula is C29H25N3O2S2. The molecule has 5 aromatic rings. The third kappa shape index (κ3) is 5.64. The number of hydrogen-bond donors (Lipinski definition) is 2. The van der Waals surface area contributed by atoms with E-state index in [1.165, 1.54) is 23.1 Å². The minimum Gasteiger partial charge on any atom is -0.476 e. The van der Waals surface area contributed by atoms with Crippen molar-refractivity contribution < 1.29 is 9.90 Å². The molecule has 0 amide bonds. The highest BCUT2D eigenvalue weighted by Gasteiger charge is 2.39. The van der Waals surface area contributed by atoms with Crippen molar-refractivity contribution in [2.24, 2.45) is 0 Å². The molecule has 0 saturated heterocycles. The Bertz CT molecular complexity index is 1270. The maximum Gasteiger partial charge on any atom is 0.356 e. The van der Waals surface area contributed by atoms with Crippen LogP contribution in [0.3, 0.4) is 0 Å². The molecule has 0 saturated carbocycles. The predicted octanol–water partition coefficient (Wildman–Crippen LogP) is 7.05. The van der Waals surface area contributed by atoms with Crippen molar-refractivity contribution in [2.45, 2.75) is 8.96 Å². The molecule has 0 unspecified atom stereocenters. The lowest BCUT2D eigenvalue weighted by Crippen LogP contribution is -2.25. The van der Waals surface area contributed by atoms with Crippen molar-refractivity contribution >= 4 is 34.8 Å². The largest absolute Gasteiger partial charge is 0.476 e. The Morgan fingerprint density at radius 2 is 1.36 bits per heavy atom. The normalized spacial score (nSPS) is 10.7. The Kier molecular flexibility index (Phi) is 8.49. The van der Waals surface area contributed by atoms with Crippen molar-refractivity contribution in [3.8, 4) is 0 Å². The van der Waals surface area contributed by atoms with Crippen LogP contribution in [-0.4, -0.2) is 28.1 Å². The summed E-state index contributed by atoms with van der Waals surface area (Å²) < 4.78 is 0.0876. The van der Waals surface area contributed by atoms with Crippen molar-refractivity contribution in [1.82, 2.24) is 9.97 Å². The summed E-state index contributed by atoms with van der Waals surface area (Å²) in [7, 11) is 1.87. The number of anilines is 1. The van der Waals surface area contributed by atoms with Gasteiger partial charge in [0, 0.05) is 19.4 Å². The van der Waals surface area contributed by atoms with E-state index in [1.807, 2.05) is 73.8 Å². The van der Waals surface area contributed by atoms with E-state index in [1.54, 1.807) is 17.9 Å². The molecule has 0 aliphatic rings. The number of pyridine rings is 1. The predicted molar refractivity (Wildman–Crippen MR) is 148 cm³/mol. The van der Waals surface area contributed by atoms with E-state index in [9.17, 15) is 9.90 Å². The molecule has 5 nitrogen and oxygen atoms in total. The number of carbonyl (C=O) groups is 1. The summed E-state index contributed by atoms with van der Waals surface area (Å²) in [6.45, 7) is 0. The molecule has 2 heterocycles. The second kappa shape index (κ2) is 12.2. The van der Waals surface area contributed by atoms with Crippen LogP contribution in [0.5, 0.6) is 0 Å². The zero-order valence-corrected chi connectivity index (χ0v) is 21.2. The van der Waals surface area contributed by atoms with Gasteiger partial charge in [0.05, 0.1) is 20.2 Å². The maximum atomic E-state index is 11.7. The summed E-state index contributed by atoms with van der Waals surface area (Å²) in [5.41, 5.74) is 6.00. The van der Waals surface area contributed by atoms with Crippen LogP contribution in [-0.2, 0) is 4.75 Å². The number of aromatic nitrogens is 2. The highest BCUT2D eigenvalue weighted by Crippen LogP contribution is 2.53. The molecular weight excluding hydrogens is 486 g/mol. The Hall–Kier alpha value is -3.94. The number of thioether (sulfide) groups is 1. The minimum atomic E-state index is -1.01. The second-order valence-corrected chi connectivity index (χ2v) is 10.0. The number of aromatic carboxylic acids is 1. The van der Waals surface area contributed by atoms with Gasteiger partial charge in [-0.05, 0) is 28.8 Å². The lowest BCUT2D eigenvalue weighted by Gasteiger charge is -2.35. The van der Waals surface area contributed by atoms with Crippen LogP contribution in [0.1, 0.15) is 27.2 Å². The first-order valence-corrected chi connectivity index (χ1v) is 12.9. The molecule has 0 aliphatic carbocycles. The van der Waals surface area contributed by atoms with Gasteiger partial charge in [-0.3, -0.25) is 4.98 Å². The average Bonchev–Trinajstić information content (AvgIpc) is 3.42. The van der Waals surface area contributed by atoms with Crippen LogP contribution in [0.15, 0.2) is 125 Å². The van der Waals surface area contributed by atoms with Gasteiger partial charge >= 0.3 is 5.97 Å². The molecule has 0 aliphatic heterocycles. The van der Waals surface area contributed by atoms with Gasteiger partial charge in [0.15, 0.2) is 5.69 Å². The molecule has 0 radical (unpaired) electrons. The molecule has 0 spiro atoms. The maximum absolute atomic E-state index is 11.7. The van der Waals surface area contributed by atoms with Gasteiger partial charge in [0.1, 0.15) is 0 Å². The van der Waals surface area contributed by atoms with Gasteiger partial charge < -0.3 is 10.4 Å². The Morgan fingerprint density at radius 1 is 0.833 bits per heavy atom. The number of rotatable bonds is 7. The molecule has 2 N–H and O–H groups in total. The number of nitrogens with one attached hydrogen (secondary N) is 1. The van der Waals surface area contributed by atoms with Gasteiger partial charge in [-0.2, -0.15) is 0 Å². The minimum absolute atomic E-state index is 0.0992. The summed E-state index contributed by atoms with van der Waals surface area (Å²) >= 11 is 2.89.